The fourth-order valence-corrected chi connectivity index (χ4v) is 2.86. The molecule has 1 atom stereocenters. The lowest BCUT2D eigenvalue weighted by atomic mass is 10.2. The first-order chi connectivity index (χ1) is 8.11. The summed E-state index contributed by atoms with van der Waals surface area (Å²) in [6.45, 7) is 2.05. The highest BCUT2D eigenvalue weighted by atomic mass is 79.9. The van der Waals surface area contributed by atoms with E-state index in [2.05, 4.69) is 31.4 Å². The van der Waals surface area contributed by atoms with Crippen molar-refractivity contribution in [2.24, 2.45) is 0 Å². The van der Waals surface area contributed by atoms with Gasteiger partial charge in [0.05, 0.1) is 11.1 Å². The van der Waals surface area contributed by atoms with E-state index in [4.69, 9.17) is 11.6 Å². The summed E-state index contributed by atoms with van der Waals surface area (Å²) in [4.78, 5) is 0. The van der Waals surface area contributed by atoms with Gasteiger partial charge in [-0.15, -0.1) is 10.2 Å². The monoisotopic (exact) mass is 331 g/mol. The average molecular weight is 333 g/mol. The van der Waals surface area contributed by atoms with Crippen molar-refractivity contribution in [3.05, 3.63) is 32.7 Å². The third kappa shape index (κ3) is 2.85. The van der Waals surface area contributed by atoms with Crippen molar-refractivity contribution in [3.8, 4) is 10.6 Å². The van der Waals surface area contributed by atoms with E-state index >= 15 is 0 Å². The van der Waals surface area contributed by atoms with Gasteiger partial charge >= 0.3 is 0 Å². The van der Waals surface area contributed by atoms with E-state index < -0.39 is 0 Å². The minimum atomic E-state index is 0.201. The SMILES string of the molecule is CNC(C)c1nnc(-c2cc(Br)ccc2Cl)s1. The highest BCUT2D eigenvalue weighted by molar-refractivity contribution is 9.10. The number of halogens is 2. The van der Waals surface area contributed by atoms with Crippen molar-refractivity contribution in [1.29, 1.82) is 0 Å². The molecule has 1 aromatic carbocycles. The van der Waals surface area contributed by atoms with Crippen molar-refractivity contribution in [2.75, 3.05) is 7.05 Å². The molecule has 90 valence electrons. The van der Waals surface area contributed by atoms with Gasteiger partial charge in [-0.25, -0.2) is 0 Å². The van der Waals surface area contributed by atoms with Crippen molar-refractivity contribution >= 4 is 38.9 Å². The minimum Gasteiger partial charge on any atom is -0.311 e. The van der Waals surface area contributed by atoms with Crippen LogP contribution in [0.25, 0.3) is 10.6 Å². The quantitative estimate of drug-likeness (QED) is 0.926. The van der Waals surface area contributed by atoms with Gasteiger partial charge in [-0.2, -0.15) is 0 Å². The molecule has 1 N–H and O–H groups in total. The molecule has 0 fully saturated rings. The van der Waals surface area contributed by atoms with Crippen molar-refractivity contribution < 1.29 is 0 Å². The first kappa shape index (κ1) is 13.0. The summed E-state index contributed by atoms with van der Waals surface area (Å²) >= 11 is 11.1. The zero-order chi connectivity index (χ0) is 12.4. The fraction of sp³-hybridized carbons (Fsp3) is 0.273. The third-order valence-corrected chi connectivity index (χ3v) is 4.36. The molecule has 0 bridgehead atoms. The van der Waals surface area contributed by atoms with Gasteiger partial charge in [-0.1, -0.05) is 38.9 Å². The van der Waals surface area contributed by atoms with E-state index in [0.29, 0.717) is 5.02 Å². The highest BCUT2D eigenvalue weighted by Crippen LogP contribution is 2.33. The number of benzene rings is 1. The molecule has 0 saturated heterocycles. The Bertz CT molecular complexity index is 529. The molecular weight excluding hydrogens is 322 g/mol. The summed E-state index contributed by atoms with van der Waals surface area (Å²) < 4.78 is 0.982. The molecule has 0 saturated carbocycles. The van der Waals surface area contributed by atoms with Gasteiger partial charge in [0.25, 0.3) is 0 Å². The summed E-state index contributed by atoms with van der Waals surface area (Å²) in [6.07, 6.45) is 0. The second-order valence-corrected chi connectivity index (χ2v) is 5.91. The second kappa shape index (κ2) is 5.44. The highest BCUT2D eigenvalue weighted by Gasteiger charge is 2.13. The van der Waals surface area contributed by atoms with Crippen LogP contribution in [0, 0.1) is 0 Å². The lowest BCUT2D eigenvalue weighted by Crippen LogP contribution is -2.11. The standard InChI is InChI=1S/C11H11BrClN3S/c1-6(14-2)10-15-16-11(17-10)8-5-7(12)3-4-9(8)13/h3-6,14H,1-2H3. The van der Waals surface area contributed by atoms with Crippen LogP contribution in [0.1, 0.15) is 18.0 Å². The van der Waals surface area contributed by atoms with Gasteiger partial charge in [0, 0.05) is 10.0 Å². The number of rotatable bonds is 3. The molecule has 1 unspecified atom stereocenters. The van der Waals surface area contributed by atoms with E-state index in [9.17, 15) is 0 Å². The molecule has 1 heterocycles. The van der Waals surface area contributed by atoms with E-state index in [1.54, 1.807) is 11.3 Å². The van der Waals surface area contributed by atoms with Crippen LogP contribution in [0.3, 0.4) is 0 Å². The second-order valence-electron chi connectivity index (χ2n) is 3.58. The maximum atomic E-state index is 6.16. The normalized spacial score (nSPS) is 12.7. The van der Waals surface area contributed by atoms with E-state index in [1.165, 1.54) is 0 Å². The molecular formula is C11H11BrClN3S. The van der Waals surface area contributed by atoms with Crippen LogP contribution < -0.4 is 5.32 Å². The van der Waals surface area contributed by atoms with Crippen molar-refractivity contribution in [2.45, 2.75) is 13.0 Å². The lowest BCUT2D eigenvalue weighted by Gasteiger charge is -2.03. The van der Waals surface area contributed by atoms with Gasteiger partial charge in [0.15, 0.2) is 0 Å². The summed E-state index contributed by atoms with van der Waals surface area (Å²) in [7, 11) is 1.90. The fourth-order valence-electron chi connectivity index (χ4n) is 1.30. The maximum Gasteiger partial charge on any atom is 0.149 e. The first-order valence-electron chi connectivity index (χ1n) is 5.08. The molecule has 0 aliphatic carbocycles. The van der Waals surface area contributed by atoms with Crippen LogP contribution >= 0.6 is 38.9 Å². The predicted molar refractivity (Wildman–Crippen MR) is 75.5 cm³/mol. The van der Waals surface area contributed by atoms with Crippen LogP contribution in [-0.4, -0.2) is 17.2 Å². The summed E-state index contributed by atoms with van der Waals surface area (Å²) in [5, 5.41) is 14.0. The van der Waals surface area contributed by atoms with Gasteiger partial charge in [0.2, 0.25) is 0 Å². The smallest absolute Gasteiger partial charge is 0.149 e. The maximum absolute atomic E-state index is 6.16. The third-order valence-electron chi connectivity index (χ3n) is 2.40. The molecule has 0 aliphatic rings. The molecule has 3 nitrogen and oxygen atoms in total. The van der Waals surface area contributed by atoms with E-state index in [0.717, 1.165) is 20.1 Å². The van der Waals surface area contributed by atoms with Crippen LogP contribution in [-0.2, 0) is 0 Å². The average Bonchev–Trinajstić information content (AvgIpc) is 2.80. The first-order valence-corrected chi connectivity index (χ1v) is 7.06. The van der Waals surface area contributed by atoms with Gasteiger partial charge in [-0.05, 0) is 32.2 Å². The number of aromatic nitrogens is 2. The molecule has 6 heteroatoms. The predicted octanol–water partition coefficient (Wildman–Crippen LogP) is 3.90. The number of nitrogens with zero attached hydrogens (tertiary/aromatic N) is 2. The minimum absolute atomic E-state index is 0.201. The molecule has 0 amide bonds. The Morgan fingerprint density at radius 2 is 2.18 bits per heavy atom. The number of hydrogen-bond acceptors (Lipinski definition) is 4. The Kier molecular flexibility index (Phi) is 4.14. The van der Waals surface area contributed by atoms with Crippen molar-refractivity contribution in [1.82, 2.24) is 15.5 Å². The molecule has 0 spiro atoms. The zero-order valence-electron chi connectivity index (χ0n) is 9.37. The van der Waals surface area contributed by atoms with E-state index in [1.807, 2.05) is 32.2 Å². The largest absolute Gasteiger partial charge is 0.311 e. The Balaban J connectivity index is 2.40. The van der Waals surface area contributed by atoms with Crippen LogP contribution in [0.2, 0.25) is 5.02 Å². The van der Waals surface area contributed by atoms with Crippen LogP contribution in [0.4, 0.5) is 0 Å². The number of nitrogens with one attached hydrogen (secondary N) is 1. The molecule has 2 aromatic rings. The topological polar surface area (TPSA) is 37.8 Å². The Morgan fingerprint density at radius 1 is 1.41 bits per heavy atom. The summed E-state index contributed by atoms with van der Waals surface area (Å²) in [5.41, 5.74) is 0.910. The Morgan fingerprint density at radius 3 is 2.88 bits per heavy atom. The molecule has 17 heavy (non-hydrogen) atoms. The van der Waals surface area contributed by atoms with Gasteiger partial charge in [-0.3, -0.25) is 0 Å². The summed E-state index contributed by atoms with van der Waals surface area (Å²) in [6, 6.07) is 5.91. The van der Waals surface area contributed by atoms with Crippen molar-refractivity contribution in [3.63, 3.8) is 0 Å². The molecule has 1 aromatic heterocycles. The van der Waals surface area contributed by atoms with Crippen LogP contribution in [0.15, 0.2) is 22.7 Å². The molecule has 2 rings (SSSR count). The lowest BCUT2D eigenvalue weighted by molar-refractivity contribution is 0.640. The number of hydrogen-bond donors (Lipinski definition) is 1. The Labute approximate surface area is 117 Å². The summed E-state index contributed by atoms with van der Waals surface area (Å²) in [5.74, 6) is 0. The van der Waals surface area contributed by atoms with E-state index in [-0.39, 0.29) is 6.04 Å². The zero-order valence-corrected chi connectivity index (χ0v) is 12.5. The molecule has 0 aliphatic heterocycles. The van der Waals surface area contributed by atoms with Gasteiger partial charge < -0.3 is 5.32 Å². The molecule has 0 radical (unpaired) electrons. The van der Waals surface area contributed by atoms with Crippen LogP contribution in [0.5, 0.6) is 0 Å². The van der Waals surface area contributed by atoms with Gasteiger partial charge in [0.1, 0.15) is 10.0 Å². The Hall–Kier alpha value is -0.490.